The molecule has 1 aromatic rings. The van der Waals surface area contributed by atoms with E-state index in [2.05, 4.69) is 6.07 Å². The van der Waals surface area contributed by atoms with Crippen LogP contribution in [-0.4, -0.2) is 11.5 Å². The molecular formula is C9H13OS+. The van der Waals surface area contributed by atoms with Gasteiger partial charge in [0.25, 0.3) is 0 Å². The minimum Gasteiger partial charge on any atom is -0.464 e. The Balaban J connectivity index is 1.90. The normalized spacial score (nSPS) is 19.3. The van der Waals surface area contributed by atoms with Crippen molar-refractivity contribution >= 4 is 10.9 Å². The third-order valence-corrected chi connectivity index (χ3v) is 4.47. The summed E-state index contributed by atoms with van der Waals surface area (Å²) in [6.07, 6.45) is 4.64. The maximum atomic E-state index is 5.30. The second-order valence-electron chi connectivity index (χ2n) is 2.95. The molecule has 0 radical (unpaired) electrons. The Morgan fingerprint density at radius 3 is 2.82 bits per heavy atom. The van der Waals surface area contributed by atoms with Gasteiger partial charge in [0.15, 0.2) is 11.5 Å². The molecular weight excluding hydrogens is 156 g/mol. The highest BCUT2D eigenvalue weighted by Crippen LogP contribution is 2.18. The van der Waals surface area contributed by atoms with Gasteiger partial charge in [-0.05, 0) is 35.9 Å². The first-order chi connectivity index (χ1) is 5.45. The lowest BCUT2D eigenvalue weighted by atomic mass is 10.4. The molecule has 0 aliphatic carbocycles. The van der Waals surface area contributed by atoms with E-state index >= 15 is 0 Å². The van der Waals surface area contributed by atoms with Crippen molar-refractivity contribution in [2.45, 2.75) is 18.6 Å². The van der Waals surface area contributed by atoms with Crippen LogP contribution in [0.3, 0.4) is 0 Å². The van der Waals surface area contributed by atoms with E-state index in [1.165, 1.54) is 35.9 Å². The van der Waals surface area contributed by atoms with Crippen LogP contribution in [0.25, 0.3) is 0 Å². The predicted molar refractivity (Wildman–Crippen MR) is 48.7 cm³/mol. The first-order valence-electron chi connectivity index (χ1n) is 4.11. The zero-order chi connectivity index (χ0) is 7.52. The third-order valence-electron chi connectivity index (χ3n) is 2.04. The van der Waals surface area contributed by atoms with Crippen LogP contribution in [0.2, 0.25) is 0 Å². The van der Waals surface area contributed by atoms with Crippen molar-refractivity contribution in [3.05, 3.63) is 24.2 Å². The Hall–Kier alpha value is -0.370. The molecule has 1 aromatic heterocycles. The molecule has 0 spiro atoms. The minimum atomic E-state index is 0.650. The van der Waals surface area contributed by atoms with E-state index in [0.717, 1.165) is 0 Å². The summed E-state index contributed by atoms with van der Waals surface area (Å²) < 4.78 is 5.30. The molecule has 1 aliphatic rings. The molecule has 1 fully saturated rings. The third kappa shape index (κ3) is 1.80. The van der Waals surface area contributed by atoms with E-state index in [9.17, 15) is 0 Å². The van der Waals surface area contributed by atoms with Crippen LogP contribution in [0.5, 0.6) is 0 Å². The van der Waals surface area contributed by atoms with Gasteiger partial charge in [0.05, 0.1) is 6.26 Å². The fourth-order valence-corrected chi connectivity index (χ4v) is 3.74. The zero-order valence-corrected chi connectivity index (χ0v) is 7.40. The molecule has 0 unspecified atom stereocenters. The lowest BCUT2D eigenvalue weighted by molar-refractivity contribution is 0.530. The van der Waals surface area contributed by atoms with E-state index in [4.69, 9.17) is 4.42 Å². The summed E-state index contributed by atoms with van der Waals surface area (Å²) in [6, 6.07) is 4.07. The largest absolute Gasteiger partial charge is 0.464 e. The van der Waals surface area contributed by atoms with Crippen molar-refractivity contribution in [2.75, 3.05) is 11.5 Å². The molecule has 0 amide bonds. The standard InChI is InChI=1S/C9H13OS/c1-2-7-11(6-1)8-9-4-3-5-10-9/h3-5H,1-2,6-8H2/q+1. The summed E-state index contributed by atoms with van der Waals surface area (Å²) in [4.78, 5) is 0. The highest BCUT2D eigenvalue weighted by molar-refractivity contribution is 7.96. The Kier molecular flexibility index (Phi) is 2.22. The molecule has 0 aromatic carbocycles. The molecule has 2 heterocycles. The maximum Gasteiger partial charge on any atom is 0.165 e. The van der Waals surface area contributed by atoms with Crippen molar-refractivity contribution < 1.29 is 4.42 Å². The summed E-state index contributed by atoms with van der Waals surface area (Å²) in [6.45, 7) is 0. The van der Waals surface area contributed by atoms with Gasteiger partial charge in [0.2, 0.25) is 0 Å². The van der Waals surface area contributed by atoms with Crippen molar-refractivity contribution in [3.63, 3.8) is 0 Å². The Bertz CT molecular complexity index is 199. The van der Waals surface area contributed by atoms with Crippen molar-refractivity contribution in [1.29, 1.82) is 0 Å². The molecule has 2 heteroatoms. The van der Waals surface area contributed by atoms with Gasteiger partial charge in [-0.25, -0.2) is 0 Å². The molecule has 1 aliphatic heterocycles. The van der Waals surface area contributed by atoms with Crippen LogP contribution >= 0.6 is 0 Å². The first kappa shape index (κ1) is 7.29. The first-order valence-corrected chi connectivity index (χ1v) is 5.85. The summed E-state index contributed by atoms with van der Waals surface area (Å²) in [7, 11) is 0.650. The van der Waals surface area contributed by atoms with Crippen LogP contribution < -0.4 is 0 Å². The van der Waals surface area contributed by atoms with Gasteiger partial charge in [-0.2, -0.15) is 0 Å². The van der Waals surface area contributed by atoms with Gasteiger partial charge in [-0.1, -0.05) is 0 Å². The quantitative estimate of drug-likeness (QED) is 0.618. The Labute approximate surface area is 70.1 Å². The number of hydrogen-bond acceptors (Lipinski definition) is 1. The molecule has 11 heavy (non-hydrogen) atoms. The number of furan rings is 1. The van der Waals surface area contributed by atoms with Crippen LogP contribution in [0.15, 0.2) is 22.8 Å². The van der Waals surface area contributed by atoms with Crippen molar-refractivity contribution in [1.82, 2.24) is 0 Å². The minimum absolute atomic E-state index is 0.650. The average molecular weight is 169 g/mol. The van der Waals surface area contributed by atoms with E-state index in [1.54, 1.807) is 6.26 Å². The molecule has 1 saturated heterocycles. The van der Waals surface area contributed by atoms with Gasteiger partial charge in [-0.15, -0.1) is 0 Å². The number of rotatable bonds is 2. The highest BCUT2D eigenvalue weighted by atomic mass is 32.2. The topological polar surface area (TPSA) is 13.1 Å². The molecule has 2 rings (SSSR count). The summed E-state index contributed by atoms with van der Waals surface area (Å²) in [5.41, 5.74) is 0. The lowest BCUT2D eigenvalue weighted by Crippen LogP contribution is -2.05. The van der Waals surface area contributed by atoms with Gasteiger partial charge >= 0.3 is 0 Å². The second-order valence-corrected chi connectivity index (χ2v) is 5.28. The second kappa shape index (κ2) is 3.35. The lowest BCUT2D eigenvalue weighted by Gasteiger charge is -1.95. The number of hydrogen-bond donors (Lipinski definition) is 0. The van der Waals surface area contributed by atoms with Crippen LogP contribution in [-0.2, 0) is 16.6 Å². The average Bonchev–Trinajstić information content (AvgIpc) is 2.60. The van der Waals surface area contributed by atoms with Crippen LogP contribution in [0, 0.1) is 0 Å². The molecule has 0 atom stereocenters. The van der Waals surface area contributed by atoms with E-state index in [0.29, 0.717) is 10.9 Å². The molecule has 0 N–H and O–H groups in total. The fraction of sp³-hybridized carbons (Fsp3) is 0.556. The zero-order valence-electron chi connectivity index (χ0n) is 6.58. The molecule has 0 saturated carbocycles. The van der Waals surface area contributed by atoms with Gasteiger partial charge in [-0.3, -0.25) is 0 Å². The fourth-order valence-electron chi connectivity index (χ4n) is 1.45. The van der Waals surface area contributed by atoms with E-state index in [1.807, 2.05) is 6.07 Å². The Morgan fingerprint density at radius 1 is 1.36 bits per heavy atom. The van der Waals surface area contributed by atoms with E-state index < -0.39 is 0 Å². The summed E-state index contributed by atoms with van der Waals surface area (Å²) >= 11 is 0. The van der Waals surface area contributed by atoms with Crippen LogP contribution in [0.4, 0.5) is 0 Å². The molecule has 1 nitrogen and oxygen atoms in total. The predicted octanol–water partition coefficient (Wildman–Crippen LogP) is 2.19. The SMILES string of the molecule is c1coc(C[S+]2CCCC2)c1. The van der Waals surface area contributed by atoms with Gasteiger partial charge in [0, 0.05) is 0 Å². The summed E-state index contributed by atoms with van der Waals surface area (Å²) in [5, 5.41) is 0. The van der Waals surface area contributed by atoms with Crippen LogP contribution in [0.1, 0.15) is 18.6 Å². The van der Waals surface area contributed by atoms with Crippen molar-refractivity contribution in [2.24, 2.45) is 0 Å². The van der Waals surface area contributed by atoms with Gasteiger partial charge in [0.1, 0.15) is 11.5 Å². The molecule has 60 valence electrons. The Morgan fingerprint density at radius 2 is 2.18 bits per heavy atom. The monoisotopic (exact) mass is 169 g/mol. The van der Waals surface area contributed by atoms with Crippen molar-refractivity contribution in [3.8, 4) is 0 Å². The van der Waals surface area contributed by atoms with E-state index in [-0.39, 0.29) is 0 Å². The smallest absolute Gasteiger partial charge is 0.165 e. The maximum absolute atomic E-state index is 5.30. The van der Waals surface area contributed by atoms with Gasteiger partial charge < -0.3 is 4.42 Å². The molecule has 0 bridgehead atoms. The highest BCUT2D eigenvalue weighted by Gasteiger charge is 2.24. The summed E-state index contributed by atoms with van der Waals surface area (Å²) in [5.74, 6) is 5.23.